The first kappa shape index (κ1) is 13.6. The van der Waals surface area contributed by atoms with E-state index in [4.69, 9.17) is 5.73 Å². The lowest BCUT2D eigenvalue weighted by Crippen LogP contribution is -2.35. The standard InChI is InChI=1S/C15H15BrN2OS/c1-9-3-2-6-18(8-9)15(19)14-13(17)11-5-4-10(16)7-12(11)20-14/h3-5,7H,2,6,8,17H2,1H3. The molecule has 0 bridgehead atoms. The SMILES string of the molecule is CC1=CCCN(C(=O)c2sc3cc(Br)ccc3c2N)C1. The first-order valence-electron chi connectivity index (χ1n) is 6.48. The van der Waals surface area contributed by atoms with Crippen molar-refractivity contribution in [1.29, 1.82) is 0 Å². The van der Waals surface area contributed by atoms with Crippen LogP contribution in [0.4, 0.5) is 5.69 Å². The lowest BCUT2D eigenvalue weighted by Gasteiger charge is -2.25. The largest absolute Gasteiger partial charge is 0.397 e. The highest BCUT2D eigenvalue weighted by molar-refractivity contribution is 9.10. The highest BCUT2D eigenvalue weighted by atomic mass is 79.9. The molecule has 0 saturated heterocycles. The Balaban J connectivity index is 1.99. The number of fused-ring (bicyclic) bond motifs is 1. The van der Waals surface area contributed by atoms with Gasteiger partial charge in [0.1, 0.15) is 4.88 Å². The number of benzene rings is 1. The molecular weight excluding hydrogens is 336 g/mol. The van der Waals surface area contributed by atoms with Crippen molar-refractivity contribution in [2.75, 3.05) is 18.8 Å². The van der Waals surface area contributed by atoms with Crippen LogP contribution in [0.3, 0.4) is 0 Å². The second-order valence-electron chi connectivity index (χ2n) is 5.05. The van der Waals surface area contributed by atoms with E-state index in [9.17, 15) is 4.79 Å². The fourth-order valence-electron chi connectivity index (χ4n) is 2.48. The van der Waals surface area contributed by atoms with E-state index in [0.717, 1.165) is 27.5 Å². The van der Waals surface area contributed by atoms with Crippen LogP contribution in [0.2, 0.25) is 0 Å². The van der Waals surface area contributed by atoms with E-state index >= 15 is 0 Å². The van der Waals surface area contributed by atoms with Gasteiger partial charge >= 0.3 is 0 Å². The van der Waals surface area contributed by atoms with Gasteiger partial charge in [0.2, 0.25) is 0 Å². The molecule has 2 aromatic rings. The first-order chi connectivity index (χ1) is 9.56. The molecule has 1 aromatic heterocycles. The summed E-state index contributed by atoms with van der Waals surface area (Å²) in [5, 5.41) is 0.964. The number of carbonyl (C=O) groups excluding carboxylic acids is 1. The van der Waals surface area contributed by atoms with Gasteiger partial charge in [0.25, 0.3) is 5.91 Å². The van der Waals surface area contributed by atoms with Crippen molar-refractivity contribution in [1.82, 2.24) is 4.90 Å². The smallest absolute Gasteiger partial charge is 0.266 e. The maximum atomic E-state index is 12.6. The van der Waals surface area contributed by atoms with Crippen LogP contribution in [0.1, 0.15) is 23.0 Å². The highest BCUT2D eigenvalue weighted by Gasteiger charge is 2.23. The Morgan fingerprint density at radius 2 is 2.25 bits per heavy atom. The maximum Gasteiger partial charge on any atom is 0.266 e. The molecule has 0 fully saturated rings. The van der Waals surface area contributed by atoms with Crippen LogP contribution in [-0.4, -0.2) is 23.9 Å². The summed E-state index contributed by atoms with van der Waals surface area (Å²) in [5.41, 5.74) is 8.01. The Labute approximate surface area is 130 Å². The van der Waals surface area contributed by atoms with Crippen molar-refractivity contribution in [3.8, 4) is 0 Å². The van der Waals surface area contributed by atoms with Crippen molar-refractivity contribution in [2.45, 2.75) is 13.3 Å². The summed E-state index contributed by atoms with van der Waals surface area (Å²) in [7, 11) is 0. The molecule has 0 spiro atoms. The van der Waals surface area contributed by atoms with Crippen LogP contribution in [0.25, 0.3) is 10.1 Å². The van der Waals surface area contributed by atoms with Crippen LogP contribution in [0.15, 0.2) is 34.3 Å². The van der Waals surface area contributed by atoms with Gasteiger partial charge in [-0.2, -0.15) is 0 Å². The van der Waals surface area contributed by atoms with E-state index in [-0.39, 0.29) is 5.91 Å². The van der Waals surface area contributed by atoms with E-state index in [2.05, 4.69) is 28.9 Å². The monoisotopic (exact) mass is 350 g/mol. The molecule has 0 radical (unpaired) electrons. The van der Waals surface area contributed by atoms with Crippen LogP contribution < -0.4 is 5.73 Å². The lowest BCUT2D eigenvalue weighted by atomic mass is 10.1. The van der Waals surface area contributed by atoms with Gasteiger partial charge in [-0.3, -0.25) is 4.79 Å². The third kappa shape index (κ3) is 2.36. The minimum absolute atomic E-state index is 0.0484. The van der Waals surface area contributed by atoms with Crippen LogP contribution in [0.5, 0.6) is 0 Å². The number of nitrogen functional groups attached to an aromatic ring is 1. The summed E-state index contributed by atoms with van der Waals surface area (Å²) in [6, 6.07) is 5.92. The second kappa shape index (κ2) is 5.22. The summed E-state index contributed by atoms with van der Waals surface area (Å²) in [6.07, 6.45) is 3.11. The number of rotatable bonds is 1. The molecular formula is C15H15BrN2OS. The quantitative estimate of drug-likeness (QED) is 0.789. The van der Waals surface area contributed by atoms with Gasteiger partial charge in [-0.1, -0.05) is 33.6 Å². The molecule has 0 saturated carbocycles. The van der Waals surface area contributed by atoms with Gasteiger partial charge in [-0.25, -0.2) is 0 Å². The number of carbonyl (C=O) groups is 1. The summed E-state index contributed by atoms with van der Waals surface area (Å²) < 4.78 is 2.05. The zero-order chi connectivity index (χ0) is 14.3. The molecule has 1 aromatic carbocycles. The minimum Gasteiger partial charge on any atom is -0.397 e. The van der Waals surface area contributed by atoms with E-state index < -0.39 is 0 Å². The van der Waals surface area contributed by atoms with Gasteiger partial charge in [0.15, 0.2) is 0 Å². The van der Waals surface area contributed by atoms with Crippen LogP contribution in [-0.2, 0) is 0 Å². The number of hydrogen-bond donors (Lipinski definition) is 1. The average molecular weight is 351 g/mol. The highest BCUT2D eigenvalue weighted by Crippen LogP contribution is 2.36. The van der Waals surface area contributed by atoms with Gasteiger partial charge in [0, 0.05) is 27.6 Å². The van der Waals surface area contributed by atoms with Gasteiger partial charge in [-0.15, -0.1) is 11.3 Å². The number of nitrogens with two attached hydrogens (primary N) is 1. The van der Waals surface area contributed by atoms with Crippen molar-refractivity contribution >= 4 is 48.9 Å². The summed E-state index contributed by atoms with van der Waals surface area (Å²) in [6.45, 7) is 3.54. The Kier molecular flexibility index (Phi) is 3.56. The van der Waals surface area contributed by atoms with Crippen LogP contribution >= 0.6 is 27.3 Å². The van der Waals surface area contributed by atoms with E-state index in [1.807, 2.05) is 23.1 Å². The van der Waals surface area contributed by atoms with Crippen molar-refractivity contribution in [3.05, 3.63) is 39.2 Å². The topological polar surface area (TPSA) is 46.3 Å². The molecule has 104 valence electrons. The predicted molar refractivity (Wildman–Crippen MR) is 88.2 cm³/mol. The van der Waals surface area contributed by atoms with E-state index in [1.54, 1.807) is 0 Å². The molecule has 5 heteroatoms. The fraction of sp³-hybridized carbons (Fsp3) is 0.267. The van der Waals surface area contributed by atoms with Gasteiger partial charge in [0.05, 0.1) is 5.69 Å². The van der Waals surface area contributed by atoms with E-state index in [0.29, 0.717) is 17.1 Å². The number of thiophene rings is 1. The summed E-state index contributed by atoms with van der Waals surface area (Å²) >= 11 is 4.93. The summed E-state index contributed by atoms with van der Waals surface area (Å²) in [5.74, 6) is 0.0484. The molecule has 3 rings (SSSR count). The zero-order valence-electron chi connectivity index (χ0n) is 11.1. The lowest BCUT2D eigenvalue weighted by molar-refractivity contribution is 0.0772. The molecule has 0 aliphatic carbocycles. The molecule has 1 aliphatic rings. The molecule has 2 N–H and O–H groups in total. The van der Waals surface area contributed by atoms with Gasteiger partial charge in [-0.05, 0) is 25.5 Å². The second-order valence-corrected chi connectivity index (χ2v) is 7.02. The number of hydrogen-bond acceptors (Lipinski definition) is 3. The number of anilines is 1. The first-order valence-corrected chi connectivity index (χ1v) is 8.09. The Bertz CT molecular complexity index is 720. The van der Waals surface area contributed by atoms with Crippen molar-refractivity contribution < 1.29 is 4.79 Å². The summed E-state index contributed by atoms with van der Waals surface area (Å²) in [4.78, 5) is 15.2. The predicted octanol–water partition coefficient (Wildman–Crippen LogP) is 4.04. The Morgan fingerprint density at radius 3 is 3.00 bits per heavy atom. The molecule has 2 heterocycles. The molecule has 0 unspecified atom stereocenters. The van der Waals surface area contributed by atoms with Crippen LogP contribution in [0, 0.1) is 0 Å². The average Bonchev–Trinajstić information content (AvgIpc) is 2.74. The molecule has 3 nitrogen and oxygen atoms in total. The number of halogens is 1. The minimum atomic E-state index is 0.0484. The van der Waals surface area contributed by atoms with Gasteiger partial charge < -0.3 is 10.6 Å². The normalized spacial score (nSPS) is 15.5. The maximum absolute atomic E-state index is 12.6. The van der Waals surface area contributed by atoms with E-state index in [1.165, 1.54) is 16.9 Å². The third-order valence-corrected chi connectivity index (χ3v) is 5.15. The molecule has 20 heavy (non-hydrogen) atoms. The van der Waals surface area contributed by atoms with Crippen molar-refractivity contribution in [3.63, 3.8) is 0 Å². The molecule has 0 atom stereocenters. The molecule has 1 amide bonds. The number of amides is 1. The van der Waals surface area contributed by atoms with Crippen molar-refractivity contribution in [2.24, 2.45) is 0 Å². The Morgan fingerprint density at radius 1 is 1.45 bits per heavy atom. The zero-order valence-corrected chi connectivity index (χ0v) is 13.6. The number of nitrogens with zero attached hydrogens (tertiary/aromatic N) is 1. The molecule has 1 aliphatic heterocycles. The fourth-order valence-corrected chi connectivity index (χ4v) is 4.12. The Hall–Kier alpha value is -1.33. The third-order valence-electron chi connectivity index (χ3n) is 3.50.